The van der Waals surface area contributed by atoms with Gasteiger partial charge in [0, 0.05) is 30.2 Å². The van der Waals surface area contributed by atoms with Crippen molar-refractivity contribution in [2.24, 2.45) is 0 Å². The maximum absolute atomic E-state index is 12.0. The Kier molecular flexibility index (Phi) is 3.85. The summed E-state index contributed by atoms with van der Waals surface area (Å²) < 4.78 is 1.77. The van der Waals surface area contributed by atoms with E-state index in [1.165, 1.54) is 6.20 Å². The Morgan fingerprint density at radius 3 is 2.79 bits per heavy atom. The summed E-state index contributed by atoms with van der Waals surface area (Å²) in [6.45, 7) is 5.84. The number of hydrogen-bond donors (Lipinski definition) is 1. The number of pyridine rings is 1. The predicted octanol–water partition coefficient (Wildman–Crippen LogP) is 3.07. The van der Waals surface area contributed by atoms with Crippen LogP contribution < -0.4 is 5.32 Å². The molecule has 0 aliphatic carbocycles. The number of halogens is 1. The third kappa shape index (κ3) is 3.12. The van der Waals surface area contributed by atoms with Crippen LogP contribution in [0.1, 0.15) is 35.9 Å². The lowest BCUT2D eigenvalue weighted by atomic mass is 10.2. The molecule has 6 heteroatoms. The molecular weight excluding hydrogens is 264 g/mol. The molecule has 0 fully saturated rings. The van der Waals surface area contributed by atoms with Crippen LogP contribution in [0.15, 0.2) is 24.5 Å². The van der Waals surface area contributed by atoms with Crippen LogP contribution >= 0.6 is 11.6 Å². The van der Waals surface area contributed by atoms with Crippen LogP contribution in [0.2, 0.25) is 5.02 Å². The number of carbonyl (C=O) groups excluding carboxylic acids is 1. The van der Waals surface area contributed by atoms with E-state index >= 15 is 0 Å². The van der Waals surface area contributed by atoms with Crippen LogP contribution in [0, 0.1) is 6.92 Å². The van der Waals surface area contributed by atoms with E-state index in [0.717, 1.165) is 5.69 Å². The molecule has 2 aromatic rings. The van der Waals surface area contributed by atoms with Gasteiger partial charge in [0.1, 0.15) is 0 Å². The van der Waals surface area contributed by atoms with Gasteiger partial charge in [-0.1, -0.05) is 11.6 Å². The van der Waals surface area contributed by atoms with Crippen molar-refractivity contribution in [3.63, 3.8) is 0 Å². The van der Waals surface area contributed by atoms with Gasteiger partial charge in [0.25, 0.3) is 5.91 Å². The zero-order chi connectivity index (χ0) is 14.0. The van der Waals surface area contributed by atoms with Crippen LogP contribution in [-0.4, -0.2) is 20.7 Å². The molecule has 2 heterocycles. The van der Waals surface area contributed by atoms with E-state index < -0.39 is 0 Å². The number of aromatic nitrogens is 3. The maximum Gasteiger partial charge on any atom is 0.259 e. The first-order valence-corrected chi connectivity index (χ1v) is 6.34. The van der Waals surface area contributed by atoms with Crippen molar-refractivity contribution in [3.05, 3.63) is 40.8 Å². The van der Waals surface area contributed by atoms with Gasteiger partial charge in [-0.05, 0) is 26.8 Å². The molecule has 2 rings (SSSR count). The van der Waals surface area contributed by atoms with Gasteiger partial charge in [-0.15, -0.1) is 0 Å². The summed E-state index contributed by atoms with van der Waals surface area (Å²) in [7, 11) is 0. The van der Waals surface area contributed by atoms with Gasteiger partial charge in [0.05, 0.1) is 10.6 Å². The number of nitrogens with zero attached hydrogens (tertiary/aromatic N) is 3. The zero-order valence-electron chi connectivity index (χ0n) is 11.0. The Labute approximate surface area is 116 Å². The topological polar surface area (TPSA) is 59.8 Å². The highest BCUT2D eigenvalue weighted by Crippen LogP contribution is 2.17. The third-order valence-corrected chi connectivity index (χ3v) is 2.93. The fourth-order valence-electron chi connectivity index (χ4n) is 1.57. The molecule has 1 N–H and O–H groups in total. The van der Waals surface area contributed by atoms with Crippen molar-refractivity contribution in [2.45, 2.75) is 26.8 Å². The Hall–Kier alpha value is -1.88. The largest absolute Gasteiger partial charge is 0.305 e. The molecule has 0 bridgehead atoms. The quantitative estimate of drug-likeness (QED) is 0.938. The van der Waals surface area contributed by atoms with Crippen LogP contribution in [0.25, 0.3) is 0 Å². The highest BCUT2D eigenvalue weighted by Gasteiger charge is 2.13. The van der Waals surface area contributed by atoms with Crippen molar-refractivity contribution < 1.29 is 4.79 Å². The number of aryl methyl sites for hydroxylation is 1. The van der Waals surface area contributed by atoms with Crippen LogP contribution in [0.4, 0.5) is 5.82 Å². The summed E-state index contributed by atoms with van der Waals surface area (Å²) in [6.07, 6.45) is 3.28. The highest BCUT2D eigenvalue weighted by atomic mass is 35.5. The van der Waals surface area contributed by atoms with Crippen LogP contribution in [0.5, 0.6) is 0 Å². The van der Waals surface area contributed by atoms with Gasteiger partial charge in [0.2, 0.25) is 0 Å². The molecule has 0 aromatic carbocycles. The number of rotatable bonds is 3. The molecule has 0 atom stereocenters. The van der Waals surface area contributed by atoms with E-state index in [4.69, 9.17) is 11.6 Å². The minimum atomic E-state index is -0.313. The molecule has 0 aliphatic heterocycles. The summed E-state index contributed by atoms with van der Waals surface area (Å²) in [5, 5.41) is 7.32. The SMILES string of the molecule is Cc1cc(Cl)c(C(=O)Nc2ccn(C(C)C)n2)cn1. The van der Waals surface area contributed by atoms with E-state index in [1.54, 1.807) is 16.8 Å². The fraction of sp³-hybridized carbons (Fsp3) is 0.308. The lowest BCUT2D eigenvalue weighted by molar-refractivity contribution is 0.102. The number of hydrogen-bond acceptors (Lipinski definition) is 3. The second kappa shape index (κ2) is 5.40. The Morgan fingerprint density at radius 1 is 1.47 bits per heavy atom. The normalized spacial score (nSPS) is 10.8. The van der Waals surface area contributed by atoms with E-state index in [-0.39, 0.29) is 11.9 Å². The van der Waals surface area contributed by atoms with Gasteiger partial charge >= 0.3 is 0 Å². The molecule has 1 amide bonds. The summed E-state index contributed by atoms with van der Waals surface area (Å²) in [4.78, 5) is 16.1. The fourth-order valence-corrected chi connectivity index (χ4v) is 1.86. The molecule has 0 saturated carbocycles. The summed E-state index contributed by atoms with van der Waals surface area (Å²) in [5.41, 5.74) is 1.11. The number of anilines is 1. The van der Waals surface area contributed by atoms with Crippen molar-refractivity contribution in [1.82, 2.24) is 14.8 Å². The average Bonchev–Trinajstić information content (AvgIpc) is 2.77. The third-order valence-electron chi connectivity index (χ3n) is 2.61. The highest BCUT2D eigenvalue weighted by molar-refractivity contribution is 6.34. The lowest BCUT2D eigenvalue weighted by Gasteiger charge is -2.06. The van der Waals surface area contributed by atoms with E-state index in [2.05, 4.69) is 15.4 Å². The van der Waals surface area contributed by atoms with Gasteiger partial charge in [-0.3, -0.25) is 14.5 Å². The monoisotopic (exact) mass is 278 g/mol. The van der Waals surface area contributed by atoms with Crippen molar-refractivity contribution in [2.75, 3.05) is 5.32 Å². The number of nitrogens with one attached hydrogen (secondary N) is 1. The van der Waals surface area contributed by atoms with Crippen molar-refractivity contribution >= 4 is 23.3 Å². The summed E-state index contributed by atoms with van der Waals surface area (Å²) in [6, 6.07) is 3.65. The van der Waals surface area contributed by atoms with Crippen LogP contribution in [0.3, 0.4) is 0 Å². The molecular formula is C13H15ClN4O. The summed E-state index contributed by atoms with van der Waals surface area (Å²) >= 11 is 6.02. The Balaban J connectivity index is 2.16. The summed E-state index contributed by atoms with van der Waals surface area (Å²) in [5.74, 6) is 0.182. The van der Waals surface area contributed by atoms with E-state index in [9.17, 15) is 4.79 Å². The van der Waals surface area contributed by atoms with Gasteiger partial charge < -0.3 is 5.32 Å². The molecule has 0 radical (unpaired) electrons. The average molecular weight is 279 g/mol. The Morgan fingerprint density at radius 2 is 2.21 bits per heavy atom. The first kappa shape index (κ1) is 13.5. The lowest BCUT2D eigenvalue weighted by Crippen LogP contribution is -2.14. The molecule has 100 valence electrons. The molecule has 5 nitrogen and oxygen atoms in total. The minimum Gasteiger partial charge on any atom is -0.305 e. The molecule has 2 aromatic heterocycles. The molecule has 0 spiro atoms. The minimum absolute atomic E-state index is 0.246. The van der Waals surface area contributed by atoms with Gasteiger partial charge in [-0.2, -0.15) is 5.10 Å². The second-order valence-electron chi connectivity index (χ2n) is 4.53. The number of carbonyl (C=O) groups is 1. The van der Waals surface area contributed by atoms with E-state index in [0.29, 0.717) is 16.4 Å². The van der Waals surface area contributed by atoms with Gasteiger partial charge in [0.15, 0.2) is 5.82 Å². The van der Waals surface area contributed by atoms with E-state index in [1.807, 2.05) is 27.0 Å². The molecule has 19 heavy (non-hydrogen) atoms. The molecule has 0 saturated heterocycles. The van der Waals surface area contributed by atoms with Crippen molar-refractivity contribution in [1.29, 1.82) is 0 Å². The van der Waals surface area contributed by atoms with Crippen LogP contribution in [-0.2, 0) is 0 Å². The molecule has 0 unspecified atom stereocenters. The zero-order valence-corrected chi connectivity index (χ0v) is 11.8. The van der Waals surface area contributed by atoms with Gasteiger partial charge in [-0.25, -0.2) is 0 Å². The first-order valence-electron chi connectivity index (χ1n) is 5.96. The molecule has 0 aliphatic rings. The second-order valence-corrected chi connectivity index (χ2v) is 4.94. The Bertz CT molecular complexity index is 606. The van der Waals surface area contributed by atoms with Crippen molar-refractivity contribution in [3.8, 4) is 0 Å². The standard InChI is InChI=1S/C13H15ClN4O/c1-8(2)18-5-4-12(17-18)16-13(19)10-7-15-9(3)6-11(10)14/h4-8H,1-3H3,(H,16,17,19). The maximum atomic E-state index is 12.0. The predicted molar refractivity (Wildman–Crippen MR) is 74.5 cm³/mol. The smallest absolute Gasteiger partial charge is 0.259 e. The first-order chi connectivity index (χ1) is 8.97. The number of amides is 1.